The zero-order chi connectivity index (χ0) is 22.8. The molecular formula is C25H39N5O2. The molecule has 2 N–H and O–H groups in total. The minimum atomic E-state index is -0.173. The number of aliphatic hydroxyl groups excluding tert-OH is 1. The normalized spacial score (nSPS) is 29.7. The molecule has 1 saturated carbocycles. The Bertz CT molecular complexity index is 881. The fourth-order valence-electron chi connectivity index (χ4n) is 5.70. The first kappa shape index (κ1) is 23.2. The Labute approximate surface area is 192 Å². The van der Waals surface area contributed by atoms with Crippen molar-refractivity contribution in [2.24, 2.45) is 10.1 Å². The molecule has 0 unspecified atom stereocenters. The van der Waals surface area contributed by atoms with Gasteiger partial charge in [0.2, 0.25) is 5.96 Å². The summed E-state index contributed by atoms with van der Waals surface area (Å²) in [4.78, 5) is 6.69. The maximum atomic E-state index is 10.0. The van der Waals surface area contributed by atoms with Crippen LogP contribution in [0.3, 0.4) is 0 Å². The van der Waals surface area contributed by atoms with E-state index in [1.54, 1.807) is 7.11 Å². The Morgan fingerprint density at radius 1 is 1.28 bits per heavy atom. The van der Waals surface area contributed by atoms with Gasteiger partial charge in [0.1, 0.15) is 0 Å². The molecule has 0 amide bonds. The Morgan fingerprint density at radius 2 is 2.03 bits per heavy atom. The summed E-state index contributed by atoms with van der Waals surface area (Å²) < 4.78 is 7.33. The molecule has 2 aliphatic heterocycles. The number of aromatic nitrogens is 1. The van der Waals surface area contributed by atoms with Gasteiger partial charge in [-0.2, -0.15) is 0 Å². The van der Waals surface area contributed by atoms with Crippen LogP contribution in [0.25, 0.3) is 5.57 Å². The van der Waals surface area contributed by atoms with Crippen LogP contribution in [-0.4, -0.2) is 72.4 Å². The quantitative estimate of drug-likeness (QED) is 0.523. The lowest BCUT2D eigenvalue weighted by Gasteiger charge is -2.30. The highest BCUT2D eigenvalue weighted by atomic mass is 16.5. The van der Waals surface area contributed by atoms with Crippen molar-refractivity contribution in [2.45, 2.75) is 88.9 Å². The number of nitrogens with zero attached hydrogens (tertiary/aromatic N) is 4. The Kier molecular flexibility index (Phi) is 7.17. The maximum Gasteiger partial charge on any atom is 0.240 e. The van der Waals surface area contributed by atoms with E-state index in [2.05, 4.69) is 52.7 Å². The smallest absolute Gasteiger partial charge is 0.240 e. The largest absolute Gasteiger partial charge is 0.393 e. The topological polar surface area (TPSA) is 74.4 Å². The minimum Gasteiger partial charge on any atom is -0.393 e. The molecule has 7 nitrogen and oxygen atoms in total. The molecule has 0 spiro atoms. The van der Waals surface area contributed by atoms with Crippen LogP contribution in [0, 0.1) is 6.92 Å². The minimum absolute atomic E-state index is 0.0834. The van der Waals surface area contributed by atoms with Crippen molar-refractivity contribution in [1.29, 1.82) is 0 Å². The number of likely N-dealkylation sites (N-methyl/N-ethyl adjacent to an activating group) is 1. The van der Waals surface area contributed by atoms with Crippen molar-refractivity contribution in [3.63, 3.8) is 0 Å². The lowest BCUT2D eigenvalue weighted by Crippen LogP contribution is -2.35. The van der Waals surface area contributed by atoms with Gasteiger partial charge in [0.05, 0.1) is 12.7 Å². The summed E-state index contributed by atoms with van der Waals surface area (Å²) in [6, 6.07) is 3.63. The molecule has 176 valence electrons. The number of hydrogen-bond donors (Lipinski definition) is 2. The fraction of sp³-hybridized carbons (Fsp3) is 0.680. The first-order chi connectivity index (χ1) is 15.4. The van der Waals surface area contributed by atoms with Crippen LogP contribution in [0.5, 0.6) is 0 Å². The van der Waals surface area contributed by atoms with Gasteiger partial charge in [-0.15, -0.1) is 5.10 Å². The summed E-state index contributed by atoms with van der Waals surface area (Å²) in [5.41, 5.74) is 5.14. The van der Waals surface area contributed by atoms with Crippen LogP contribution in [0.2, 0.25) is 0 Å². The van der Waals surface area contributed by atoms with Gasteiger partial charge in [0.25, 0.3) is 0 Å². The monoisotopic (exact) mass is 441 g/mol. The van der Waals surface area contributed by atoms with E-state index in [0.717, 1.165) is 37.8 Å². The number of fused-ring (bicyclic) bond motifs is 2. The van der Waals surface area contributed by atoms with E-state index in [4.69, 9.17) is 9.84 Å². The zero-order valence-electron chi connectivity index (χ0n) is 20.0. The van der Waals surface area contributed by atoms with Crippen LogP contribution < -0.4 is 5.32 Å². The van der Waals surface area contributed by atoms with E-state index in [-0.39, 0.29) is 12.1 Å². The summed E-state index contributed by atoms with van der Waals surface area (Å²) in [6.45, 7) is 8.52. The van der Waals surface area contributed by atoms with E-state index in [1.807, 2.05) is 6.92 Å². The highest BCUT2D eigenvalue weighted by Gasteiger charge is 2.35. The zero-order valence-corrected chi connectivity index (χ0v) is 20.0. The second-order valence-corrected chi connectivity index (χ2v) is 9.83. The number of ether oxygens (including phenoxy) is 1. The van der Waals surface area contributed by atoms with Gasteiger partial charge in [0.15, 0.2) is 0 Å². The highest BCUT2D eigenvalue weighted by Crippen LogP contribution is 2.41. The lowest BCUT2D eigenvalue weighted by atomic mass is 9.85. The molecule has 32 heavy (non-hydrogen) atoms. The predicted molar refractivity (Wildman–Crippen MR) is 130 cm³/mol. The molecule has 3 atom stereocenters. The molecule has 4 rings (SSSR count). The first-order valence-corrected chi connectivity index (χ1v) is 12.1. The van der Waals surface area contributed by atoms with E-state index in [1.165, 1.54) is 29.7 Å². The van der Waals surface area contributed by atoms with Gasteiger partial charge in [-0.05, 0) is 84.2 Å². The summed E-state index contributed by atoms with van der Waals surface area (Å²) >= 11 is 0. The number of aliphatic imine (C=N–C) groups is 1. The fourth-order valence-corrected chi connectivity index (χ4v) is 5.70. The van der Waals surface area contributed by atoms with Gasteiger partial charge < -0.3 is 15.2 Å². The van der Waals surface area contributed by atoms with Gasteiger partial charge in [0, 0.05) is 48.1 Å². The third-order valence-electron chi connectivity index (χ3n) is 7.59. The summed E-state index contributed by atoms with van der Waals surface area (Å²) in [5.74, 6) is 0.898. The van der Waals surface area contributed by atoms with Gasteiger partial charge in [-0.3, -0.25) is 4.90 Å². The second kappa shape index (κ2) is 9.89. The van der Waals surface area contributed by atoms with Gasteiger partial charge in [-0.25, -0.2) is 9.67 Å². The molecular weight excluding hydrogens is 402 g/mol. The Hall–Kier alpha value is -1.96. The van der Waals surface area contributed by atoms with E-state index in [0.29, 0.717) is 30.6 Å². The van der Waals surface area contributed by atoms with Crippen LogP contribution in [0.1, 0.15) is 74.7 Å². The molecule has 1 saturated heterocycles. The van der Waals surface area contributed by atoms with Crippen molar-refractivity contribution in [2.75, 3.05) is 20.8 Å². The van der Waals surface area contributed by atoms with E-state index in [9.17, 15) is 5.11 Å². The molecule has 7 heteroatoms. The lowest BCUT2D eigenvalue weighted by molar-refractivity contribution is 0.121. The molecule has 1 aromatic heterocycles. The SMILES string of the molecule is C=N/C(=N\n1c(C)c(C2=C[C@@H]3CC[C@H](C2)N3C)cc1[C@H]1CC[C@H](O)CC1)N[C@@H](C)COC. The average molecular weight is 442 g/mol. The highest BCUT2D eigenvalue weighted by molar-refractivity contribution is 5.84. The third kappa shape index (κ3) is 4.70. The molecule has 1 aromatic rings. The maximum absolute atomic E-state index is 10.0. The summed E-state index contributed by atoms with van der Waals surface area (Å²) in [7, 11) is 3.95. The van der Waals surface area contributed by atoms with Crippen LogP contribution in [0.4, 0.5) is 0 Å². The number of guanidine groups is 1. The molecule has 0 radical (unpaired) electrons. The molecule has 3 heterocycles. The van der Waals surface area contributed by atoms with Crippen molar-refractivity contribution in [3.8, 4) is 0 Å². The van der Waals surface area contributed by atoms with Gasteiger partial charge in [-0.1, -0.05) is 6.08 Å². The van der Waals surface area contributed by atoms with E-state index < -0.39 is 0 Å². The molecule has 1 aliphatic carbocycles. The predicted octanol–water partition coefficient (Wildman–Crippen LogP) is 3.51. The second-order valence-electron chi connectivity index (χ2n) is 9.83. The standard InChI is InChI=1S/C25H39N5O2/c1-16(15-32-5)27-25(26-3)28-30-17(2)23(14-24(30)18-6-10-22(31)11-7-18)19-12-20-8-9-21(13-19)29(20)4/h12,14,16,18,20-22,31H,3,6-11,13,15H2,1-2,4-5H3,(H,27,28)/t16-,18-,20-,21+,22-/m0/s1. The number of nitrogens with one attached hydrogen (secondary N) is 1. The van der Waals surface area contributed by atoms with Gasteiger partial charge >= 0.3 is 0 Å². The van der Waals surface area contributed by atoms with Crippen molar-refractivity contribution in [3.05, 3.63) is 29.1 Å². The molecule has 0 aromatic carbocycles. The van der Waals surface area contributed by atoms with Crippen molar-refractivity contribution >= 4 is 18.3 Å². The first-order valence-electron chi connectivity index (χ1n) is 12.1. The van der Waals surface area contributed by atoms with Crippen LogP contribution >= 0.6 is 0 Å². The average Bonchev–Trinajstić information content (AvgIpc) is 3.17. The third-order valence-corrected chi connectivity index (χ3v) is 7.59. The van der Waals surface area contributed by atoms with Crippen molar-refractivity contribution in [1.82, 2.24) is 14.9 Å². The van der Waals surface area contributed by atoms with Crippen molar-refractivity contribution < 1.29 is 9.84 Å². The van der Waals surface area contributed by atoms with Crippen LogP contribution in [-0.2, 0) is 4.74 Å². The summed E-state index contributed by atoms with van der Waals surface area (Å²) in [5, 5.41) is 18.3. The van der Waals surface area contributed by atoms with E-state index >= 15 is 0 Å². The number of methoxy groups -OCH3 is 1. The summed E-state index contributed by atoms with van der Waals surface area (Å²) in [6.07, 6.45) is 9.59. The Balaban J connectivity index is 1.71. The number of aliphatic hydroxyl groups is 1. The Morgan fingerprint density at radius 3 is 2.69 bits per heavy atom. The van der Waals surface area contributed by atoms with Crippen LogP contribution in [0.15, 0.2) is 22.2 Å². The molecule has 3 aliphatic rings. The number of hydrogen-bond acceptors (Lipinski definition) is 4. The molecule has 2 fully saturated rings. The number of rotatable bonds is 6. The molecule has 2 bridgehead atoms.